The van der Waals surface area contributed by atoms with E-state index >= 15 is 0 Å². The number of aromatic amines is 1. The molecule has 4 aromatic rings. The zero-order valence-electron chi connectivity index (χ0n) is 10.4. The molecule has 2 N–H and O–H groups in total. The summed E-state index contributed by atoms with van der Waals surface area (Å²) in [4.78, 5) is 18.7. The molecule has 96 valence electrons. The van der Waals surface area contributed by atoms with Gasteiger partial charge in [0.15, 0.2) is 11.0 Å². The first-order valence-corrected chi connectivity index (χ1v) is 6.18. The normalized spacial score (nSPS) is 11.4. The van der Waals surface area contributed by atoms with Gasteiger partial charge in [0, 0.05) is 23.8 Å². The first-order chi connectivity index (χ1) is 9.75. The van der Waals surface area contributed by atoms with Crippen LogP contribution in [0.4, 0.5) is 0 Å². The minimum absolute atomic E-state index is 0.238. The van der Waals surface area contributed by atoms with Gasteiger partial charge >= 0.3 is 5.97 Å². The molecule has 5 nitrogen and oxygen atoms in total. The molecule has 20 heavy (non-hydrogen) atoms. The van der Waals surface area contributed by atoms with Gasteiger partial charge in [0.1, 0.15) is 11.1 Å². The number of H-pyrrole nitrogens is 1. The number of nitrogens with one attached hydrogen (secondary N) is 1. The maximum Gasteiger partial charge on any atom is 0.344 e. The van der Waals surface area contributed by atoms with E-state index in [0.717, 1.165) is 21.9 Å². The van der Waals surface area contributed by atoms with Gasteiger partial charge in [-0.05, 0) is 18.2 Å². The van der Waals surface area contributed by atoms with Crippen molar-refractivity contribution < 1.29 is 14.3 Å². The second kappa shape index (κ2) is 3.77. The van der Waals surface area contributed by atoms with Crippen molar-refractivity contribution >= 4 is 33.6 Å². The second-order valence-corrected chi connectivity index (χ2v) is 4.62. The zero-order valence-corrected chi connectivity index (χ0v) is 10.4. The molecule has 0 unspecified atom stereocenters. The molecule has 1 aromatic carbocycles. The van der Waals surface area contributed by atoms with Crippen molar-refractivity contribution in [1.29, 1.82) is 0 Å². The molecule has 0 aliphatic heterocycles. The molecular weight excluding hydrogens is 254 g/mol. The Hall–Kier alpha value is -2.95. The largest absolute Gasteiger partial charge is 0.477 e. The molecule has 5 heteroatoms. The molecule has 0 spiro atoms. The Kier molecular flexibility index (Phi) is 2.06. The van der Waals surface area contributed by atoms with Gasteiger partial charge in [-0.3, -0.25) is 4.98 Å². The number of carboxylic acids is 1. The SMILES string of the molecule is O=C(O)c1cc2cnccc2[n+]2c1[nH]c1ccccc12. The molecule has 0 aliphatic rings. The number of hydrogen-bond donors (Lipinski definition) is 2. The van der Waals surface area contributed by atoms with Crippen LogP contribution in [0.25, 0.3) is 27.6 Å². The van der Waals surface area contributed by atoms with E-state index in [2.05, 4.69) is 9.97 Å². The van der Waals surface area contributed by atoms with Crippen molar-refractivity contribution in [3.63, 3.8) is 0 Å². The van der Waals surface area contributed by atoms with Gasteiger partial charge in [-0.25, -0.2) is 9.78 Å². The van der Waals surface area contributed by atoms with Gasteiger partial charge in [0.2, 0.25) is 0 Å². The van der Waals surface area contributed by atoms with Gasteiger partial charge in [0.05, 0.1) is 0 Å². The molecule has 0 atom stereocenters. The number of rotatable bonds is 1. The topological polar surface area (TPSA) is 70.1 Å². The minimum Gasteiger partial charge on any atom is -0.477 e. The number of carbonyl (C=O) groups is 1. The number of imidazole rings is 1. The van der Waals surface area contributed by atoms with Crippen LogP contribution in [0.1, 0.15) is 10.4 Å². The summed E-state index contributed by atoms with van der Waals surface area (Å²) in [6, 6.07) is 11.3. The Balaban J connectivity index is 2.37. The summed E-state index contributed by atoms with van der Waals surface area (Å²) < 4.78 is 1.93. The number of benzene rings is 1. The summed E-state index contributed by atoms with van der Waals surface area (Å²) in [5, 5.41) is 10.2. The van der Waals surface area contributed by atoms with Crippen LogP contribution in [0.5, 0.6) is 0 Å². The Morgan fingerprint density at radius 1 is 1.20 bits per heavy atom. The third-order valence-electron chi connectivity index (χ3n) is 3.48. The Bertz CT molecular complexity index is 988. The van der Waals surface area contributed by atoms with Crippen LogP contribution in [0, 0.1) is 0 Å². The van der Waals surface area contributed by atoms with E-state index in [9.17, 15) is 9.90 Å². The number of pyridine rings is 2. The molecule has 0 amide bonds. The van der Waals surface area contributed by atoms with E-state index in [0.29, 0.717) is 5.65 Å². The van der Waals surface area contributed by atoms with Crippen LogP contribution >= 0.6 is 0 Å². The molecule has 0 saturated heterocycles. The van der Waals surface area contributed by atoms with Crippen LogP contribution in [0.3, 0.4) is 0 Å². The van der Waals surface area contributed by atoms with E-state index < -0.39 is 5.97 Å². The van der Waals surface area contributed by atoms with Gasteiger partial charge in [0.25, 0.3) is 5.65 Å². The van der Waals surface area contributed by atoms with Crippen LogP contribution < -0.4 is 4.40 Å². The predicted molar refractivity (Wildman–Crippen MR) is 73.7 cm³/mol. The van der Waals surface area contributed by atoms with Crippen molar-refractivity contribution in [3.8, 4) is 0 Å². The summed E-state index contributed by atoms with van der Waals surface area (Å²) in [5.41, 5.74) is 3.60. The quantitative estimate of drug-likeness (QED) is 0.517. The Morgan fingerprint density at radius 2 is 2.05 bits per heavy atom. The molecule has 0 radical (unpaired) electrons. The highest BCUT2D eigenvalue weighted by molar-refractivity contribution is 5.98. The van der Waals surface area contributed by atoms with E-state index in [4.69, 9.17) is 0 Å². The number of aromatic nitrogens is 3. The summed E-state index contributed by atoms with van der Waals surface area (Å²) in [6.45, 7) is 0. The highest BCUT2D eigenvalue weighted by Crippen LogP contribution is 2.19. The number of para-hydroxylation sites is 2. The average molecular weight is 264 g/mol. The smallest absolute Gasteiger partial charge is 0.344 e. The van der Waals surface area contributed by atoms with Crippen LogP contribution in [-0.2, 0) is 0 Å². The second-order valence-electron chi connectivity index (χ2n) is 4.62. The van der Waals surface area contributed by atoms with E-state index in [1.165, 1.54) is 0 Å². The van der Waals surface area contributed by atoms with Crippen molar-refractivity contribution in [2.45, 2.75) is 0 Å². The fourth-order valence-corrected chi connectivity index (χ4v) is 2.62. The maximum atomic E-state index is 11.5. The third-order valence-corrected chi connectivity index (χ3v) is 3.48. The molecule has 0 fully saturated rings. The lowest BCUT2D eigenvalue weighted by Crippen LogP contribution is -2.24. The first kappa shape index (κ1) is 10.9. The molecule has 0 bridgehead atoms. The average Bonchev–Trinajstić information content (AvgIpc) is 2.85. The van der Waals surface area contributed by atoms with Crippen LogP contribution in [0.15, 0.2) is 48.8 Å². The highest BCUT2D eigenvalue weighted by atomic mass is 16.4. The Labute approximate surface area is 113 Å². The van der Waals surface area contributed by atoms with E-state index in [1.807, 2.05) is 34.7 Å². The van der Waals surface area contributed by atoms with Crippen molar-refractivity contribution in [2.75, 3.05) is 0 Å². The van der Waals surface area contributed by atoms with E-state index in [1.54, 1.807) is 18.5 Å². The number of hydrogen-bond acceptors (Lipinski definition) is 2. The highest BCUT2D eigenvalue weighted by Gasteiger charge is 2.22. The van der Waals surface area contributed by atoms with Crippen molar-refractivity contribution in [1.82, 2.24) is 9.97 Å². The summed E-state index contributed by atoms with van der Waals surface area (Å²) in [6.07, 6.45) is 3.38. The predicted octanol–water partition coefficient (Wildman–Crippen LogP) is 2.15. The summed E-state index contributed by atoms with van der Waals surface area (Å²) in [7, 11) is 0. The molecule has 0 aliphatic carbocycles. The molecule has 4 rings (SSSR count). The fourth-order valence-electron chi connectivity index (χ4n) is 2.62. The third kappa shape index (κ3) is 1.34. The number of nitrogens with zero attached hydrogens (tertiary/aromatic N) is 2. The Morgan fingerprint density at radius 3 is 2.90 bits per heavy atom. The lowest BCUT2D eigenvalue weighted by atomic mass is 10.2. The molecule has 3 aromatic heterocycles. The standard InChI is InChI=1S/C15H9N3O2/c19-15(20)10-7-9-8-16-6-5-12(9)18-13-4-2-1-3-11(13)17-14(10)18/h1-8H,(H,19,20)/p+1. The van der Waals surface area contributed by atoms with Gasteiger partial charge < -0.3 is 5.11 Å². The first-order valence-electron chi connectivity index (χ1n) is 6.18. The molecule has 0 saturated carbocycles. The number of fused-ring (bicyclic) bond motifs is 5. The summed E-state index contributed by atoms with van der Waals surface area (Å²) in [5.74, 6) is -0.959. The van der Waals surface area contributed by atoms with Crippen LogP contribution in [-0.4, -0.2) is 21.0 Å². The lowest BCUT2D eigenvalue weighted by Gasteiger charge is -1.99. The van der Waals surface area contributed by atoms with Crippen molar-refractivity contribution in [2.24, 2.45) is 0 Å². The number of aromatic carboxylic acids is 1. The van der Waals surface area contributed by atoms with Crippen molar-refractivity contribution in [3.05, 3.63) is 54.4 Å². The molecule has 3 heterocycles. The van der Waals surface area contributed by atoms with E-state index in [-0.39, 0.29) is 5.56 Å². The maximum absolute atomic E-state index is 11.5. The fraction of sp³-hybridized carbons (Fsp3) is 0. The van der Waals surface area contributed by atoms with Gasteiger partial charge in [-0.15, -0.1) is 0 Å². The van der Waals surface area contributed by atoms with Gasteiger partial charge in [-0.1, -0.05) is 12.1 Å². The molecular formula is C15H10N3O2+. The number of carboxylic acid groups (broad SMARTS) is 1. The lowest BCUT2D eigenvalue weighted by molar-refractivity contribution is -0.449. The minimum atomic E-state index is -0.959. The zero-order chi connectivity index (χ0) is 13.7. The summed E-state index contributed by atoms with van der Waals surface area (Å²) >= 11 is 0. The van der Waals surface area contributed by atoms with Gasteiger partial charge in [-0.2, -0.15) is 4.40 Å². The monoisotopic (exact) mass is 264 g/mol. The van der Waals surface area contributed by atoms with Crippen LogP contribution in [0.2, 0.25) is 0 Å².